The SMILES string of the molecule is CCN(C)c1cnn(Cc2nc(NN)ccc2Cl)c(=O)c1. The van der Waals surface area contributed by atoms with Crippen LogP contribution in [-0.2, 0) is 6.54 Å². The zero-order valence-electron chi connectivity index (χ0n) is 11.9. The lowest BCUT2D eigenvalue weighted by molar-refractivity contribution is 0.627. The molecule has 0 atom stereocenters. The van der Waals surface area contributed by atoms with E-state index in [0.717, 1.165) is 12.2 Å². The van der Waals surface area contributed by atoms with Crippen molar-refractivity contribution in [2.24, 2.45) is 5.84 Å². The molecule has 3 N–H and O–H groups in total. The van der Waals surface area contributed by atoms with Gasteiger partial charge in [0.15, 0.2) is 0 Å². The highest BCUT2D eigenvalue weighted by molar-refractivity contribution is 6.31. The molecule has 0 aliphatic carbocycles. The summed E-state index contributed by atoms with van der Waals surface area (Å²) < 4.78 is 1.31. The molecule has 0 unspecified atom stereocenters. The molecule has 0 saturated carbocycles. The van der Waals surface area contributed by atoms with Gasteiger partial charge in [0.1, 0.15) is 5.82 Å². The molecule has 0 bridgehead atoms. The van der Waals surface area contributed by atoms with E-state index < -0.39 is 0 Å². The van der Waals surface area contributed by atoms with Crippen molar-refractivity contribution in [3.63, 3.8) is 0 Å². The number of hydrogen-bond acceptors (Lipinski definition) is 6. The molecule has 0 aliphatic heterocycles. The molecular weight excluding hydrogens is 292 g/mol. The van der Waals surface area contributed by atoms with Gasteiger partial charge in [-0.25, -0.2) is 15.5 Å². The Labute approximate surface area is 127 Å². The number of aromatic nitrogens is 3. The van der Waals surface area contributed by atoms with E-state index >= 15 is 0 Å². The highest BCUT2D eigenvalue weighted by Crippen LogP contribution is 2.17. The first kappa shape index (κ1) is 15.3. The summed E-state index contributed by atoms with van der Waals surface area (Å²) in [5, 5.41) is 4.61. The lowest BCUT2D eigenvalue weighted by Crippen LogP contribution is -2.26. The Hall–Kier alpha value is -2.12. The Balaban J connectivity index is 2.30. The molecule has 0 aliphatic rings. The molecule has 0 amide bonds. The topological polar surface area (TPSA) is 89.1 Å². The Bertz CT molecular complexity index is 687. The number of pyridine rings is 1. The summed E-state index contributed by atoms with van der Waals surface area (Å²) >= 11 is 6.08. The molecule has 0 aromatic carbocycles. The van der Waals surface area contributed by atoms with Crippen molar-refractivity contribution in [2.75, 3.05) is 23.9 Å². The van der Waals surface area contributed by atoms with Crippen LogP contribution in [0.4, 0.5) is 11.5 Å². The molecule has 2 aromatic heterocycles. The third-order valence-electron chi connectivity index (χ3n) is 3.14. The van der Waals surface area contributed by atoms with Gasteiger partial charge in [0.25, 0.3) is 5.56 Å². The molecule has 0 fully saturated rings. The molecule has 0 saturated heterocycles. The van der Waals surface area contributed by atoms with Gasteiger partial charge in [0.05, 0.1) is 29.1 Å². The fraction of sp³-hybridized carbons (Fsp3) is 0.308. The fourth-order valence-electron chi connectivity index (χ4n) is 1.75. The van der Waals surface area contributed by atoms with E-state index in [1.165, 1.54) is 10.7 Å². The average molecular weight is 309 g/mol. The van der Waals surface area contributed by atoms with Crippen LogP contribution in [0.2, 0.25) is 5.02 Å². The normalized spacial score (nSPS) is 10.5. The number of nitrogens with zero attached hydrogens (tertiary/aromatic N) is 4. The molecule has 21 heavy (non-hydrogen) atoms. The third-order valence-corrected chi connectivity index (χ3v) is 3.48. The predicted molar refractivity (Wildman–Crippen MR) is 83.6 cm³/mol. The molecule has 2 aromatic rings. The Kier molecular flexibility index (Phi) is 4.77. The number of hydrazine groups is 1. The zero-order valence-corrected chi connectivity index (χ0v) is 12.6. The van der Waals surface area contributed by atoms with Crippen LogP contribution in [0.5, 0.6) is 0 Å². The number of rotatable bonds is 5. The zero-order chi connectivity index (χ0) is 15.4. The van der Waals surface area contributed by atoms with E-state index in [1.807, 2.05) is 18.9 Å². The van der Waals surface area contributed by atoms with E-state index in [-0.39, 0.29) is 12.1 Å². The summed E-state index contributed by atoms with van der Waals surface area (Å²) in [5.74, 6) is 5.79. The van der Waals surface area contributed by atoms with Crippen LogP contribution in [0, 0.1) is 0 Å². The summed E-state index contributed by atoms with van der Waals surface area (Å²) in [5.41, 5.74) is 3.53. The highest BCUT2D eigenvalue weighted by Gasteiger charge is 2.08. The van der Waals surface area contributed by atoms with Gasteiger partial charge >= 0.3 is 0 Å². The van der Waals surface area contributed by atoms with E-state index in [4.69, 9.17) is 17.4 Å². The van der Waals surface area contributed by atoms with Crippen LogP contribution >= 0.6 is 11.6 Å². The van der Waals surface area contributed by atoms with Crippen molar-refractivity contribution in [1.29, 1.82) is 0 Å². The van der Waals surface area contributed by atoms with Crippen molar-refractivity contribution >= 4 is 23.1 Å². The van der Waals surface area contributed by atoms with Gasteiger partial charge in [-0.2, -0.15) is 5.10 Å². The van der Waals surface area contributed by atoms with E-state index in [9.17, 15) is 4.79 Å². The number of nitrogens with one attached hydrogen (secondary N) is 1. The molecule has 0 spiro atoms. The Morgan fingerprint density at radius 1 is 1.48 bits per heavy atom. The monoisotopic (exact) mass is 308 g/mol. The maximum atomic E-state index is 12.1. The van der Waals surface area contributed by atoms with Crippen molar-refractivity contribution in [1.82, 2.24) is 14.8 Å². The lowest BCUT2D eigenvalue weighted by atomic mass is 10.3. The number of anilines is 2. The van der Waals surface area contributed by atoms with E-state index in [2.05, 4.69) is 15.5 Å². The first-order valence-corrected chi connectivity index (χ1v) is 6.83. The quantitative estimate of drug-likeness (QED) is 0.635. The van der Waals surface area contributed by atoms with Gasteiger partial charge in [0.2, 0.25) is 0 Å². The number of nitrogens with two attached hydrogens (primary N) is 1. The molecule has 0 radical (unpaired) electrons. The van der Waals surface area contributed by atoms with Crippen molar-refractivity contribution < 1.29 is 0 Å². The van der Waals surface area contributed by atoms with Gasteiger partial charge in [0, 0.05) is 19.7 Å². The van der Waals surface area contributed by atoms with Crippen LogP contribution in [0.15, 0.2) is 29.2 Å². The molecule has 2 heterocycles. The van der Waals surface area contributed by atoms with Crippen LogP contribution in [0.25, 0.3) is 0 Å². The average Bonchev–Trinajstić information content (AvgIpc) is 2.50. The summed E-state index contributed by atoms with van der Waals surface area (Å²) in [6.07, 6.45) is 1.64. The standard InChI is InChI=1S/C13H17ClN6O/c1-3-19(2)9-6-13(21)20(16-7-9)8-11-10(14)4-5-12(17-11)18-15/h4-7H,3,8,15H2,1-2H3,(H,17,18). The first-order valence-electron chi connectivity index (χ1n) is 6.45. The maximum absolute atomic E-state index is 12.1. The van der Waals surface area contributed by atoms with Gasteiger partial charge in [-0.1, -0.05) is 11.6 Å². The highest BCUT2D eigenvalue weighted by atomic mass is 35.5. The number of halogens is 1. The number of nitrogen functional groups attached to an aromatic ring is 1. The van der Waals surface area contributed by atoms with E-state index in [1.54, 1.807) is 18.3 Å². The molecule has 7 nitrogen and oxygen atoms in total. The summed E-state index contributed by atoms with van der Waals surface area (Å²) in [7, 11) is 1.90. The molecule has 8 heteroatoms. The van der Waals surface area contributed by atoms with Crippen LogP contribution in [-0.4, -0.2) is 28.4 Å². The molecule has 2 rings (SSSR count). The minimum atomic E-state index is -0.211. The maximum Gasteiger partial charge on any atom is 0.269 e. The fourth-order valence-corrected chi connectivity index (χ4v) is 1.92. The van der Waals surface area contributed by atoms with Crippen molar-refractivity contribution in [2.45, 2.75) is 13.5 Å². The van der Waals surface area contributed by atoms with Crippen molar-refractivity contribution in [3.8, 4) is 0 Å². The second kappa shape index (κ2) is 6.55. The summed E-state index contributed by atoms with van der Waals surface area (Å²) in [6.45, 7) is 2.98. The van der Waals surface area contributed by atoms with Crippen LogP contribution in [0.1, 0.15) is 12.6 Å². The predicted octanol–water partition coefficient (Wildman–Crippen LogP) is 1.08. The first-order chi connectivity index (χ1) is 10.0. The summed E-state index contributed by atoms with van der Waals surface area (Å²) in [4.78, 5) is 18.2. The van der Waals surface area contributed by atoms with Gasteiger partial charge < -0.3 is 10.3 Å². The molecule has 112 valence electrons. The van der Waals surface area contributed by atoms with Crippen LogP contribution in [0.3, 0.4) is 0 Å². The van der Waals surface area contributed by atoms with Gasteiger partial charge in [-0.3, -0.25) is 4.79 Å². The minimum absolute atomic E-state index is 0.184. The Morgan fingerprint density at radius 3 is 2.86 bits per heavy atom. The van der Waals surface area contributed by atoms with Gasteiger partial charge in [-0.15, -0.1) is 0 Å². The second-order valence-corrected chi connectivity index (χ2v) is 4.90. The number of hydrogen-bond donors (Lipinski definition) is 2. The Morgan fingerprint density at radius 2 is 2.24 bits per heavy atom. The lowest BCUT2D eigenvalue weighted by Gasteiger charge is -2.16. The summed E-state index contributed by atoms with van der Waals surface area (Å²) in [6, 6.07) is 4.86. The smallest absolute Gasteiger partial charge is 0.269 e. The largest absolute Gasteiger partial charge is 0.373 e. The minimum Gasteiger partial charge on any atom is -0.373 e. The second-order valence-electron chi connectivity index (χ2n) is 4.49. The van der Waals surface area contributed by atoms with E-state index in [0.29, 0.717) is 16.5 Å². The van der Waals surface area contributed by atoms with Crippen molar-refractivity contribution in [3.05, 3.63) is 45.5 Å². The van der Waals surface area contributed by atoms with Crippen LogP contribution < -0.4 is 21.7 Å². The third kappa shape index (κ3) is 3.50. The molecular formula is C13H17ClN6O. The van der Waals surface area contributed by atoms with Gasteiger partial charge in [-0.05, 0) is 19.1 Å².